The smallest absolute Gasteiger partial charge is 0.330 e. The van der Waals surface area contributed by atoms with Crippen LogP contribution >= 0.6 is 23.2 Å². The first-order chi connectivity index (χ1) is 5.04. The van der Waals surface area contributed by atoms with Gasteiger partial charge in [0, 0.05) is 0 Å². The largest absolute Gasteiger partial charge is 0.480 e. The fourth-order valence-corrected chi connectivity index (χ4v) is 0.881. The van der Waals surface area contributed by atoms with Crippen molar-refractivity contribution in [3.8, 4) is 0 Å². The topological polar surface area (TPSA) is 49.7 Å². The Hall–Kier alpha value is -0.540. The molecule has 0 aromatic carbocycles. The van der Waals surface area contributed by atoms with Crippen molar-refractivity contribution in [3.63, 3.8) is 0 Å². The number of aliphatic carboxylic acids is 1. The number of halogens is 2. The molecule has 5 heteroatoms. The monoisotopic (exact) mass is 193 g/mol. The molecule has 1 unspecified atom stereocenters. The second-order valence-electron chi connectivity index (χ2n) is 2.14. The SMILES string of the molecule is O=C(O)C1(Cl)C=CC(Cl)=NC1. The fourth-order valence-electron chi connectivity index (χ4n) is 0.636. The van der Waals surface area contributed by atoms with Gasteiger partial charge >= 0.3 is 5.97 Å². The van der Waals surface area contributed by atoms with E-state index in [0.29, 0.717) is 0 Å². The van der Waals surface area contributed by atoms with Crippen LogP contribution in [0.1, 0.15) is 0 Å². The molecule has 0 saturated heterocycles. The van der Waals surface area contributed by atoms with Crippen LogP contribution in [0.5, 0.6) is 0 Å². The summed E-state index contributed by atoms with van der Waals surface area (Å²) in [4.78, 5) is 12.8. The molecule has 3 nitrogen and oxygen atoms in total. The number of carboxylic acid groups (broad SMARTS) is 1. The third kappa shape index (κ3) is 1.73. The molecule has 0 bridgehead atoms. The Morgan fingerprint density at radius 1 is 1.82 bits per heavy atom. The zero-order chi connectivity index (χ0) is 8.48. The predicted octanol–water partition coefficient (Wildman–Crippen LogP) is 1.26. The van der Waals surface area contributed by atoms with Crippen molar-refractivity contribution in [2.75, 3.05) is 6.54 Å². The van der Waals surface area contributed by atoms with Gasteiger partial charge in [0.25, 0.3) is 0 Å². The lowest BCUT2D eigenvalue weighted by molar-refractivity contribution is -0.138. The van der Waals surface area contributed by atoms with Crippen LogP contribution in [0.15, 0.2) is 17.1 Å². The van der Waals surface area contributed by atoms with E-state index in [-0.39, 0.29) is 11.7 Å². The third-order valence-corrected chi connectivity index (χ3v) is 1.95. The van der Waals surface area contributed by atoms with E-state index < -0.39 is 10.8 Å². The molecule has 60 valence electrons. The van der Waals surface area contributed by atoms with Gasteiger partial charge in [-0.3, -0.25) is 4.99 Å². The number of hydrogen-bond acceptors (Lipinski definition) is 2. The van der Waals surface area contributed by atoms with Crippen LogP contribution in [0.3, 0.4) is 0 Å². The average Bonchev–Trinajstić information content (AvgIpc) is 1.95. The number of aliphatic imine (C=N–C) groups is 1. The average molecular weight is 194 g/mol. The van der Waals surface area contributed by atoms with E-state index in [9.17, 15) is 4.79 Å². The van der Waals surface area contributed by atoms with Gasteiger partial charge in [0.2, 0.25) is 0 Å². The van der Waals surface area contributed by atoms with Gasteiger partial charge in [-0.25, -0.2) is 4.79 Å². The summed E-state index contributed by atoms with van der Waals surface area (Å²) in [5.41, 5.74) is 0. The molecule has 0 aliphatic carbocycles. The lowest BCUT2D eigenvalue weighted by atomic mass is 10.1. The minimum Gasteiger partial charge on any atom is -0.480 e. The van der Waals surface area contributed by atoms with Crippen LogP contribution in [0.25, 0.3) is 0 Å². The number of nitrogens with zero attached hydrogens (tertiary/aromatic N) is 1. The second kappa shape index (κ2) is 2.83. The van der Waals surface area contributed by atoms with Gasteiger partial charge in [-0.2, -0.15) is 0 Å². The number of carbonyl (C=O) groups is 1. The molecule has 0 radical (unpaired) electrons. The van der Waals surface area contributed by atoms with Gasteiger partial charge < -0.3 is 5.11 Å². The van der Waals surface area contributed by atoms with Crippen LogP contribution < -0.4 is 0 Å². The number of dihydropyridines is 1. The summed E-state index contributed by atoms with van der Waals surface area (Å²) in [5, 5.41) is 8.87. The molecule has 0 fully saturated rings. The summed E-state index contributed by atoms with van der Waals surface area (Å²) in [7, 11) is 0. The maximum Gasteiger partial charge on any atom is 0.330 e. The number of allylic oxidation sites excluding steroid dienone is 1. The van der Waals surface area contributed by atoms with Crippen LogP contribution in [0.4, 0.5) is 0 Å². The van der Waals surface area contributed by atoms with Crippen molar-refractivity contribution in [1.29, 1.82) is 0 Å². The molecule has 0 spiro atoms. The highest BCUT2D eigenvalue weighted by Gasteiger charge is 2.34. The quantitative estimate of drug-likeness (QED) is 0.638. The van der Waals surface area contributed by atoms with Gasteiger partial charge in [-0.05, 0) is 12.2 Å². The molecule has 11 heavy (non-hydrogen) atoms. The van der Waals surface area contributed by atoms with E-state index in [1.807, 2.05) is 0 Å². The molecular weight excluding hydrogens is 189 g/mol. The Morgan fingerprint density at radius 2 is 2.45 bits per heavy atom. The molecule has 0 amide bonds. The molecule has 1 aliphatic heterocycles. The van der Waals surface area contributed by atoms with Gasteiger partial charge in [0.05, 0.1) is 6.54 Å². The predicted molar refractivity (Wildman–Crippen MR) is 43.5 cm³/mol. The van der Waals surface area contributed by atoms with Crippen LogP contribution in [-0.4, -0.2) is 27.7 Å². The number of rotatable bonds is 1. The standard InChI is InChI=1S/C6H5Cl2NO2/c7-4-1-2-6(8,3-9-4)5(10)11/h1-2H,3H2,(H,10,11). The van der Waals surface area contributed by atoms with Crippen LogP contribution in [-0.2, 0) is 4.79 Å². The highest BCUT2D eigenvalue weighted by Crippen LogP contribution is 2.21. The van der Waals surface area contributed by atoms with Gasteiger partial charge in [0.1, 0.15) is 5.17 Å². The molecule has 1 aliphatic rings. The van der Waals surface area contributed by atoms with Crippen molar-refractivity contribution in [2.24, 2.45) is 4.99 Å². The highest BCUT2D eigenvalue weighted by atomic mass is 35.5. The Morgan fingerprint density at radius 3 is 2.82 bits per heavy atom. The first-order valence-corrected chi connectivity index (χ1v) is 3.62. The lowest BCUT2D eigenvalue weighted by Gasteiger charge is -2.17. The normalized spacial score (nSPS) is 29.8. The first-order valence-electron chi connectivity index (χ1n) is 2.86. The maximum absolute atomic E-state index is 10.5. The summed E-state index contributed by atoms with van der Waals surface area (Å²) in [6.45, 7) is -0.0147. The molecule has 0 aromatic heterocycles. The van der Waals surface area contributed by atoms with Crippen molar-refractivity contribution in [3.05, 3.63) is 12.2 Å². The molecule has 1 heterocycles. The van der Waals surface area contributed by atoms with E-state index >= 15 is 0 Å². The summed E-state index contributed by atoms with van der Waals surface area (Å²) >= 11 is 11.1. The van der Waals surface area contributed by atoms with Gasteiger partial charge in [-0.15, -0.1) is 0 Å². The molecule has 1 rings (SSSR count). The van der Waals surface area contributed by atoms with Crippen molar-refractivity contribution in [2.45, 2.75) is 4.87 Å². The van der Waals surface area contributed by atoms with Crippen molar-refractivity contribution < 1.29 is 9.90 Å². The van der Waals surface area contributed by atoms with E-state index in [1.54, 1.807) is 0 Å². The van der Waals surface area contributed by atoms with E-state index in [1.165, 1.54) is 12.2 Å². The zero-order valence-electron chi connectivity index (χ0n) is 5.42. The Bertz CT molecular complexity index is 249. The van der Waals surface area contributed by atoms with E-state index in [4.69, 9.17) is 28.3 Å². The lowest BCUT2D eigenvalue weighted by Crippen LogP contribution is -2.35. The summed E-state index contributed by atoms with van der Waals surface area (Å²) in [6, 6.07) is 0. The van der Waals surface area contributed by atoms with E-state index in [0.717, 1.165) is 0 Å². The summed E-state index contributed by atoms with van der Waals surface area (Å²) in [6.07, 6.45) is 2.71. The molecule has 0 saturated carbocycles. The first kappa shape index (κ1) is 8.56. The third-order valence-electron chi connectivity index (χ3n) is 1.30. The Kier molecular flexibility index (Phi) is 2.20. The number of alkyl halides is 1. The van der Waals surface area contributed by atoms with E-state index in [2.05, 4.69) is 4.99 Å². The zero-order valence-corrected chi connectivity index (χ0v) is 6.93. The van der Waals surface area contributed by atoms with Crippen LogP contribution in [0, 0.1) is 0 Å². The fraction of sp³-hybridized carbons (Fsp3) is 0.333. The highest BCUT2D eigenvalue weighted by molar-refractivity contribution is 6.68. The Balaban J connectivity index is 2.82. The minimum absolute atomic E-state index is 0.0147. The van der Waals surface area contributed by atoms with Gasteiger partial charge in [-0.1, -0.05) is 23.2 Å². The van der Waals surface area contributed by atoms with Gasteiger partial charge in [0.15, 0.2) is 4.87 Å². The maximum atomic E-state index is 10.5. The minimum atomic E-state index is -1.40. The summed E-state index contributed by atoms with van der Waals surface area (Å²) < 4.78 is 0. The molecule has 0 aromatic rings. The van der Waals surface area contributed by atoms with Crippen molar-refractivity contribution >= 4 is 34.3 Å². The molecule has 1 N–H and O–H groups in total. The molecular formula is C6H5Cl2NO2. The van der Waals surface area contributed by atoms with Crippen molar-refractivity contribution in [1.82, 2.24) is 0 Å². The van der Waals surface area contributed by atoms with Crippen LogP contribution in [0.2, 0.25) is 0 Å². The Labute approximate surface area is 73.3 Å². The molecule has 1 atom stereocenters. The summed E-state index contributed by atoms with van der Waals surface area (Å²) in [5.74, 6) is -1.11. The number of carboxylic acids is 1. The second-order valence-corrected chi connectivity index (χ2v) is 3.20. The number of hydrogen-bond donors (Lipinski definition) is 1.